The summed E-state index contributed by atoms with van der Waals surface area (Å²) in [4.78, 5) is 23.9. The first kappa shape index (κ1) is 16.0. The van der Waals surface area contributed by atoms with Crippen molar-refractivity contribution in [2.75, 3.05) is 19.8 Å². The van der Waals surface area contributed by atoms with Gasteiger partial charge in [-0.1, -0.05) is 12.1 Å². The molecule has 0 atom stereocenters. The smallest absolute Gasteiger partial charge is 0.244 e. The van der Waals surface area contributed by atoms with Crippen LogP contribution in [0.25, 0.3) is 17.0 Å². The van der Waals surface area contributed by atoms with Crippen molar-refractivity contribution in [2.24, 2.45) is 0 Å². The van der Waals surface area contributed by atoms with Crippen molar-refractivity contribution in [2.45, 2.75) is 13.3 Å². The Kier molecular flexibility index (Phi) is 5.91. The second-order valence-corrected chi connectivity index (χ2v) is 4.69. The van der Waals surface area contributed by atoms with Gasteiger partial charge in [-0.3, -0.25) is 9.59 Å². The van der Waals surface area contributed by atoms with Crippen LogP contribution in [0, 0.1) is 0 Å². The summed E-state index contributed by atoms with van der Waals surface area (Å²) < 4.78 is 10.6. The Morgan fingerprint density at radius 2 is 2.18 bits per heavy atom. The zero-order chi connectivity index (χ0) is 15.8. The van der Waals surface area contributed by atoms with E-state index in [4.69, 9.17) is 9.15 Å². The molecule has 0 aliphatic carbocycles. The molecule has 5 heteroatoms. The second-order valence-electron chi connectivity index (χ2n) is 4.69. The number of ether oxygens (including phenoxy) is 1. The molecule has 1 heterocycles. The highest BCUT2D eigenvalue weighted by Gasteiger charge is 2.04. The van der Waals surface area contributed by atoms with E-state index in [1.807, 2.05) is 6.92 Å². The lowest BCUT2D eigenvalue weighted by atomic mass is 10.1. The molecule has 5 nitrogen and oxygen atoms in total. The summed E-state index contributed by atoms with van der Waals surface area (Å²) in [6, 6.07) is 7.01. The first-order valence-electron chi connectivity index (χ1n) is 7.26. The third-order valence-electron chi connectivity index (χ3n) is 3.09. The normalized spacial score (nSPS) is 11.1. The van der Waals surface area contributed by atoms with E-state index >= 15 is 0 Å². The van der Waals surface area contributed by atoms with E-state index in [0.717, 1.165) is 6.42 Å². The van der Waals surface area contributed by atoms with Gasteiger partial charge in [0.15, 0.2) is 5.43 Å². The second kappa shape index (κ2) is 8.14. The number of carbonyl (C=O) groups is 1. The molecule has 1 amide bonds. The predicted octanol–water partition coefficient (Wildman–Crippen LogP) is 2.35. The van der Waals surface area contributed by atoms with E-state index in [-0.39, 0.29) is 11.3 Å². The van der Waals surface area contributed by atoms with Gasteiger partial charge in [0.1, 0.15) is 11.8 Å². The summed E-state index contributed by atoms with van der Waals surface area (Å²) in [5, 5.41) is 3.23. The molecular weight excluding hydrogens is 282 g/mol. The number of fused-ring (bicyclic) bond motifs is 1. The molecule has 0 aliphatic rings. The van der Waals surface area contributed by atoms with Gasteiger partial charge < -0.3 is 14.5 Å². The topological polar surface area (TPSA) is 68.5 Å². The van der Waals surface area contributed by atoms with Crippen LogP contribution < -0.4 is 10.7 Å². The fraction of sp³-hybridized carbons (Fsp3) is 0.294. The molecule has 0 spiro atoms. The number of benzene rings is 1. The lowest BCUT2D eigenvalue weighted by Gasteiger charge is -2.02. The Hall–Kier alpha value is -2.40. The van der Waals surface area contributed by atoms with Crippen LogP contribution in [0.3, 0.4) is 0 Å². The molecule has 0 bridgehead atoms. The summed E-state index contributed by atoms with van der Waals surface area (Å²) in [5.41, 5.74) is 0.732. The summed E-state index contributed by atoms with van der Waals surface area (Å²) >= 11 is 0. The minimum absolute atomic E-state index is 0.151. The van der Waals surface area contributed by atoms with Crippen LogP contribution in [0.1, 0.15) is 18.9 Å². The van der Waals surface area contributed by atoms with Crippen LogP contribution >= 0.6 is 0 Å². The minimum atomic E-state index is -0.246. The van der Waals surface area contributed by atoms with Crippen LogP contribution in [-0.2, 0) is 9.53 Å². The zero-order valence-corrected chi connectivity index (χ0v) is 12.5. The Morgan fingerprint density at radius 3 is 3.00 bits per heavy atom. The monoisotopic (exact) mass is 301 g/mol. The zero-order valence-electron chi connectivity index (χ0n) is 12.5. The minimum Gasteiger partial charge on any atom is -0.463 e. The molecule has 0 radical (unpaired) electrons. The van der Waals surface area contributed by atoms with Crippen LogP contribution in [0.2, 0.25) is 0 Å². The Morgan fingerprint density at radius 1 is 1.36 bits per heavy atom. The number of nitrogens with one attached hydrogen (secondary N) is 1. The summed E-state index contributed by atoms with van der Waals surface area (Å²) in [7, 11) is 0. The Balaban J connectivity index is 1.97. The third kappa shape index (κ3) is 4.30. The lowest BCUT2D eigenvalue weighted by Crippen LogP contribution is -2.23. The van der Waals surface area contributed by atoms with Crippen LogP contribution in [0.4, 0.5) is 0 Å². The van der Waals surface area contributed by atoms with Crippen molar-refractivity contribution in [3.8, 4) is 0 Å². The number of para-hydroxylation sites is 1. The molecule has 1 aromatic carbocycles. The molecule has 2 aromatic rings. The molecule has 0 aliphatic heterocycles. The summed E-state index contributed by atoms with van der Waals surface area (Å²) in [5.74, 6) is -0.246. The Bertz CT molecular complexity index is 718. The fourth-order valence-corrected chi connectivity index (χ4v) is 1.96. The van der Waals surface area contributed by atoms with Crippen LogP contribution in [-0.4, -0.2) is 25.7 Å². The first-order chi connectivity index (χ1) is 10.7. The van der Waals surface area contributed by atoms with Gasteiger partial charge in [-0.15, -0.1) is 0 Å². The highest BCUT2D eigenvalue weighted by atomic mass is 16.5. The average molecular weight is 301 g/mol. The van der Waals surface area contributed by atoms with Crippen molar-refractivity contribution in [1.82, 2.24) is 5.32 Å². The van der Waals surface area contributed by atoms with Crippen LogP contribution in [0.5, 0.6) is 0 Å². The molecule has 0 saturated heterocycles. The van der Waals surface area contributed by atoms with E-state index in [1.165, 1.54) is 18.4 Å². The standard InChI is InChI=1S/C17H19NO4/c1-2-21-11-5-10-18-16(19)9-8-13-12-22-15-7-4-3-6-14(15)17(13)20/h3-4,6-9,12H,2,5,10-11H2,1H3,(H,18,19)/b9-8+. The number of hydrogen-bond acceptors (Lipinski definition) is 4. The van der Waals surface area contributed by atoms with Gasteiger partial charge in [0.05, 0.1) is 10.9 Å². The maximum atomic E-state index is 12.2. The van der Waals surface area contributed by atoms with E-state index in [9.17, 15) is 9.59 Å². The highest BCUT2D eigenvalue weighted by Crippen LogP contribution is 2.10. The number of rotatable bonds is 7. The molecule has 116 valence electrons. The highest BCUT2D eigenvalue weighted by molar-refractivity contribution is 5.92. The predicted molar refractivity (Wildman–Crippen MR) is 85.6 cm³/mol. The van der Waals surface area contributed by atoms with Gasteiger partial charge >= 0.3 is 0 Å². The van der Waals surface area contributed by atoms with Crippen molar-refractivity contribution in [3.63, 3.8) is 0 Å². The maximum absolute atomic E-state index is 12.2. The number of hydrogen-bond donors (Lipinski definition) is 1. The molecule has 22 heavy (non-hydrogen) atoms. The van der Waals surface area contributed by atoms with Gasteiger partial charge in [0, 0.05) is 25.8 Å². The first-order valence-corrected chi connectivity index (χ1v) is 7.26. The Labute approximate surface area is 128 Å². The molecule has 0 unspecified atom stereocenters. The molecular formula is C17H19NO4. The van der Waals surface area contributed by atoms with Gasteiger partial charge in [-0.2, -0.15) is 0 Å². The van der Waals surface area contributed by atoms with E-state index < -0.39 is 0 Å². The van der Waals surface area contributed by atoms with E-state index in [0.29, 0.717) is 36.3 Å². The van der Waals surface area contributed by atoms with Crippen molar-refractivity contribution in [1.29, 1.82) is 0 Å². The largest absolute Gasteiger partial charge is 0.463 e. The molecule has 1 aromatic heterocycles. The van der Waals surface area contributed by atoms with E-state index in [2.05, 4.69) is 5.32 Å². The maximum Gasteiger partial charge on any atom is 0.244 e. The molecule has 0 fully saturated rings. The van der Waals surface area contributed by atoms with E-state index in [1.54, 1.807) is 24.3 Å². The third-order valence-corrected chi connectivity index (χ3v) is 3.09. The van der Waals surface area contributed by atoms with Crippen LogP contribution in [0.15, 0.2) is 45.8 Å². The van der Waals surface area contributed by atoms with Crippen molar-refractivity contribution in [3.05, 3.63) is 52.4 Å². The van der Waals surface area contributed by atoms with Crippen molar-refractivity contribution < 1.29 is 13.9 Å². The van der Waals surface area contributed by atoms with Gasteiger partial charge in [-0.25, -0.2) is 0 Å². The van der Waals surface area contributed by atoms with Gasteiger partial charge in [0.2, 0.25) is 5.91 Å². The molecule has 2 rings (SSSR count). The molecule has 0 saturated carbocycles. The number of amides is 1. The number of carbonyl (C=O) groups excluding carboxylic acids is 1. The van der Waals surface area contributed by atoms with Gasteiger partial charge in [0.25, 0.3) is 0 Å². The lowest BCUT2D eigenvalue weighted by molar-refractivity contribution is -0.116. The molecule has 1 N–H and O–H groups in total. The quantitative estimate of drug-likeness (QED) is 0.629. The fourth-order valence-electron chi connectivity index (χ4n) is 1.96. The van der Waals surface area contributed by atoms with Gasteiger partial charge in [-0.05, 0) is 31.6 Å². The van der Waals surface area contributed by atoms with Crippen molar-refractivity contribution >= 4 is 23.0 Å². The summed E-state index contributed by atoms with van der Waals surface area (Å²) in [6.07, 6.45) is 4.92. The SMILES string of the molecule is CCOCCCNC(=O)/C=C/c1coc2ccccc2c1=O. The summed E-state index contributed by atoms with van der Waals surface area (Å²) in [6.45, 7) is 3.76. The average Bonchev–Trinajstić information content (AvgIpc) is 2.54.